The smallest absolute Gasteiger partial charge is 0.130 e. The predicted molar refractivity (Wildman–Crippen MR) is 360 cm³/mol. The Labute approximate surface area is 526 Å². The number of allylic oxidation sites excluding steroid dienone is 4. The molecular formula is C84H57F4NO2. The van der Waals surface area contributed by atoms with Crippen molar-refractivity contribution < 1.29 is 27.0 Å². The quantitative estimate of drug-likeness (QED) is 0.0955. The van der Waals surface area contributed by atoms with Gasteiger partial charge in [0.1, 0.15) is 46.3 Å². The molecule has 0 N–H and O–H groups in total. The van der Waals surface area contributed by atoms with Crippen molar-refractivity contribution in [2.45, 2.75) is 23.7 Å². The lowest BCUT2D eigenvalue weighted by Gasteiger charge is -2.37. The van der Waals surface area contributed by atoms with Crippen LogP contribution in [0.15, 0.2) is 304 Å². The zero-order chi connectivity index (χ0) is 61.8. The number of hydrogen-bond acceptors (Lipinski definition) is 3. The van der Waals surface area contributed by atoms with Crippen LogP contribution >= 0.6 is 0 Å². The number of fused-ring (bicyclic) bond motifs is 5. The number of ether oxygens (including phenoxy) is 2. The monoisotopic (exact) mass is 1190 g/mol. The largest absolute Gasteiger partial charge is 0.457 e. The van der Waals surface area contributed by atoms with Gasteiger partial charge in [0, 0.05) is 40.3 Å². The Balaban J connectivity index is 0.955. The van der Waals surface area contributed by atoms with Crippen LogP contribution in [0.3, 0.4) is 0 Å². The van der Waals surface area contributed by atoms with Gasteiger partial charge >= 0.3 is 0 Å². The molecule has 438 valence electrons. The Hall–Kier alpha value is -11.3. The van der Waals surface area contributed by atoms with Gasteiger partial charge in [-0.2, -0.15) is 0 Å². The minimum absolute atomic E-state index is 0.271. The first-order valence-corrected chi connectivity index (χ1v) is 30.4. The molecule has 0 spiro atoms. The summed E-state index contributed by atoms with van der Waals surface area (Å²) >= 11 is 0. The molecule has 0 fully saturated rings. The SMILES string of the molecule is C=Cc1ccc(Oc2ccc(C3(c4ccc(F)cc4F)C4=C(C=CCC4)c4ccc(N(c5cccc(-c6cccc(-c7ccccc7)c6)c5)c5ccc6c(c5)C(c5ccc(Oc7ccc(C=C)cc7)cc5)(c5ccc(F)cc5F)c5ccccc5-6)cc43)cc2)cc1. The van der Waals surface area contributed by atoms with Crippen LogP contribution < -0.4 is 14.4 Å². The average molecular weight is 1190 g/mol. The highest BCUT2D eigenvalue weighted by atomic mass is 19.1. The lowest BCUT2D eigenvalue weighted by Crippen LogP contribution is -2.32. The van der Waals surface area contributed by atoms with Crippen molar-refractivity contribution in [1.29, 1.82) is 0 Å². The Morgan fingerprint density at radius 3 is 1.41 bits per heavy atom. The number of nitrogens with zero attached hydrogens (tertiary/aromatic N) is 1. The summed E-state index contributed by atoms with van der Waals surface area (Å²) in [5.74, 6) is -0.297. The Morgan fingerprint density at radius 2 is 0.824 bits per heavy atom. The van der Waals surface area contributed by atoms with Crippen molar-refractivity contribution in [3.05, 3.63) is 383 Å². The standard InChI is InChI=1S/C84H57F4NO2/c1-3-54-24-36-67(37-25-54)90-69-40-28-60(29-41-69)83(77-46-32-62(85)50-81(77)87)75-22-10-8-20-71(75)73-44-34-65(52-79(73)83)89(64-19-13-18-59(49-64)58-17-12-16-57(48-58)56-14-6-5-7-15-56)66-35-45-74-72-21-9-11-23-76(72)84(80(74)53-66,78-47-33-63(86)51-82(78)88)61-30-42-70(43-31-61)91-68-38-26-55(4-2)27-39-68/h3-10,12-22,24-53H,1-2,11,23H2. The summed E-state index contributed by atoms with van der Waals surface area (Å²) < 4.78 is 78.4. The van der Waals surface area contributed by atoms with Gasteiger partial charge in [-0.1, -0.05) is 195 Å². The van der Waals surface area contributed by atoms with Gasteiger partial charge in [-0.15, -0.1) is 0 Å². The van der Waals surface area contributed by atoms with Crippen molar-refractivity contribution in [2.24, 2.45) is 0 Å². The Morgan fingerprint density at radius 1 is 0.363 bits per heavy atom. The maximum atomic E-state index is 17.5. The van der Waals surface area contributed by atoms with Crippen LogP contribution in [0.25, 0.3) is 51.1 Å². The van der Waals surface area contributed by atoms with Gasteiger partial charge in [0.2, 0.25) is 0 Å². The molecule has 2 unspecified atom stereocenters. The highest BCUT2D eigenvalue weighted by molar-refractivity contribution is 5.94. The molecule has 7 heteroatoms. The van der Waals surface area contributed by atoms with E-state index < -0.39 is 34.1 Å². The second-order valence-corrected chi connectivity index (χ2v) is 23.2. The minimum atomic E-state index is -1.33. The molecule has 0 heterocycles. The summed E-state index contributed by atoms with van der Waals surface area (Å²) in [7, 11) is 0. The molecule has 12 aromatic rings. The number of benzene rings is 12. The Bertz CT molecular complexity index is 4900. The van der Waals surface area contributed by atoms with Crippen molar-refractivity contribution in [3.63, 3.8) is 0 Å². The fourth-order valence-electron chi connectivity index (χ4n) is 14.2. The molecule has 15 rings (SSSR count). The molecule has 0 aliphatic heterocycles. The van der Waals surface area contributed by atoms with Crippen LogP contribution in [-0.2, 0) is 10.8 Å². The average Bonchev–Trinajstić information content (AvgIpc) is 1.56. The zero-order valence-corrected chi connectivity index (χ0v) is 49.4. The van der Waals surface area contributed by atoms with Gasteiger partial charge in [0.25, 0.3) is 0 Å². The molecule has 0 saturated carbocycles. The molecule has 0 aromatic heterocycles. The molecule has 91 heavy (non-hydrogen) atoms. The van der Waals surface area contributed by atoms with Gasteiger partial charge in [-0.3, -0.25) is 0 Å². The van der Waals surface area contributed by atoms with Crippen molar-refractivity contribution in [1.82, 2.24) is 0 Å². The van der Waals surface area contributed by atoms with Crippen LogP contribution in [0.5, 0.6) is 23.0 Å². The normalized spacial score (nSPS) is 15.9. The molecule has 3 aliphatic carbocycles. The van der Waals surface area contributed by atoms with E-state index in [1.165, 1.54) is 12.1 Å². The van der Waals surface area contributed by atoms with E-state index >= 15 is 17.6 Å². The van der Waals surface area contributed by atoms with Gasteiger partial charge in [0.05, 0.1) is 10.8 Å². The first-order valence-electron chi connectivity index (χ1n) is 30.4. The van der Waals surface area contributed by atoms with E-state index in [-0.39, 0.29) is 5.56 Å². The highest BCUT2D eigenvalue weighted by Gasteiger charge is 2.51. The predicted octanol–water partition coefficient (Wildman–Crippen LogP) is 22.7. The molecule has 3 aliphatic rings. The van der Waals surface area contributed by atoms with E-state index in [1.54, 1.807) is 24.3 Å². The van der Waals surface area contributed by atoms with E-state index in [0.29, 0.717) is 41.4 Å². The third-order valence-electron chi connectivity index (χ3n) is 18.2. The Kier molecular flexibility index (Phi) is 14.2. The number of anilines is 3. The maximum Gasteiger partial charge on any atom is 0.130 e. The molecule has 3 nitrogen and oxygen atoms in total. The van der Waals surface area contributed by atoms with Crippen molar-refractivity contribution >= 4 is 34.8 Å². The number of rotatable bonds is 15. The lowest BCUT2D eigenvalue weighted by atomic mass is 9.65. The molecule has 12 aromatic carbocycles. The van der Waals surface area contributed by atoms with E-state index in [1.807, 2.05) is 133 Å². The van der Waals surface area contributed by atoms with Crippen LogP contribution in [0.2, 0.25) is 0 Å². The summed E-state index contributed by atoms with van der Waals surface area (Å²) in [6.07, 6.45) is 9.18. The first-order chi connectivity index (χ1) is 44.6. The zero-order valence-electron chi connectivity index (χ0n) is 49.4. The second-order valence-electron chi connectivity index (χ2n) is 23.2. The number of hydrogen-bond donors (Lipinski definition) is 0. The lowest BCUT2D eigenvalue weighted by molar-refractivity contribution is 0.481. The molecule has 0 amide bonds. The van der Waals surface area contributed by atoms with Crippen LogP contribution in [-0.4, -0.2) is 0 Å². The third kappa shape index (κ3) is 9.69. The van der Waals surface area contributed by atoms with Gasteiger partial charge in [0.15, 0.2) is 0 Å². The van der Waals surface area contributed by atoms with Gasteiger partial charge in [-0.05, 0) is 205 Å². The van der Waals surface area contributed by atoms with Gasteiger partial charge < -0.3 is 14.4 Å². The summed E-state index contributed by atoms with van der Waals surface area (Å²) in [5.41, 5.74) is 14.9. The van der Waals surface area contributed by atoms with Crippen LogP contribution in [0, 0.1) is 23.3 Å². The number of halogens is 4. The summed E-state index contributed by atoms with van der Waals surface area (Å²) in [4.78, 5) is 2.21. The summed E-state index contributed by atoms with van der Waals surface area (Å²) in [6, 6.07) is 86.6. The van der Waals surface area contributed by atoms with E-state index in [4.69, 9.17) is 9.47 Å². The third-order valence-corrected chi connectivity index (χ3v) is 18.2. The molecular weight excluding hydrogens is 1130 g/mol. The molecule has 0 saturated heterocycles. The maximum absolute atomic E-state index is 17.5. The van der Waals surface area contributed by atoms with Crippen molar-refractivity contribution in [3.8, 4) is 56.4 Å². The fourth-order valence-corrected chi connectivity index (χ4v) is 14.2. The van der Waals surface area contributed by atoms with E-state index in [0.717, 1.165) is 118 Å². The van der Waals surface area contributed by atoms with E-state index in [2.05, 4.69) is 133 Å². The van der Waals surface area contributed by atoms with E-state index in [9.17, 15) is 0 Å². The summed E-state index contributed by atoms with van der Waals surface area (Å²) in [5, 5.41) is 0. The summed E-state index contributed by atoms with van der Waals surface area (Å²) in [6.45, 7) is 7.78. The molecule has 0 radical (unpaired) electrons. The first kappa shape index (κ1) is 56.2. The second kappa shape index (κ2) is 23.0. The van der Waals surface area contributed by atoms with Crippen LogP contribution in [0.1, 0.15) is 68.5 Å². The highest BCUT2D eigenvalue weighted by Crippen LogP contribution is 2.61. The van der Waals surface area contributed by atoms with Crippen LogP contribution in [0.4, 0.5) is 34.6 Å². The molecule has 2 atom stereocenters. The molecule has 0 bridgehead atoms. The topological polar surface area (TPSA) is 21.7 Å². The fraction of sp³-hybridized carbons (Fsp3) is 0.0476. The van der Waals surface area contributed by atoms with Crippen molar-refractivity contribution in [2.75, 3.05) is 4.90 Å². The van der Waals surface area contributed by atoms with Gasteiger partial charge in [-0.25, -0.2) is 17.6 Å². The minimum Gasteiger partial charge on any atom is -0.457 e.